The number of aromatic nitrogens is 4. The number of hydrogen-bond acceptors (Lipinski definition) is 4. The van der Waals surface area contributed by atoms with E-state index in [1.54, 1.807) is 4.90 Å². The van der Waals surface area contributed by atoms with Crippen molar-refractivity contribution in [3.8, 4) is 0 Å². The lowest BCUT2D eigenvalue weighted by Crippen LogP contribution is -2.29. The number of H-pyrrole nitrogens is 1. The minimum Gasteiger partial charge on any atom is -0.336 e. The summed E-state index contributed by atoms with van der Waals surface area (Å²) in [5.41, 5.74) is 0.158. The summed E-state index contributed by atoms with van der Waals surface area (Å²) < 4.78 is 26.4. The normalized spacial score (nSPS) is 23.7. The van der Waals surface area contributed by atoms with E-state index in [-0.39, 0.29) is 23.4 Å². The second kappa shape index (κ2) is 5.92. The van der Waals surface area contributed by atoms with Crippen molar-refractivity contribution in [1.82, 2.24) is 25.1 Å². The van der Waals surface area contributed by atoms with Crippen LogP contribution in [0.15, 0.2) is 18.3 Å². The summed E-state index contributed by atoms with van der Waals surface area (Å²) in [6.45, 7) is 0.106. The van der Waals surface area contributed by atoms with Gasteiger partial charge in [-0.05, 0) is 25.0 Å². The van der Waals surface area contributed by atoms with Gasteiger partial charge in [0.25, 0.3) is 5.91 Å². The smallest absolute Gasteiger partial charge is 0.272 e. The molecule has 2 aliphatic rings. The minimum absolute atomic E-state index is 0.158. The first-order valence-corrected chi connectivity index (χ1v) is 8.04. The van der Waals surface area contributed by atoms with E-state index in [0.717, 1.165) is 24.9 Å². The lowest BCUT2D eigenvalue weighted by Gasteiger charge is -2.15. The SMILES string of the molecule is O=C(c1ccc(F)cn1)N1CC(CF)C(c2nc(C3CC3)n[nH]2)C1. The number of nitrogens with zero attached hydrogens (tertiary/aromatic N) is 4. The van der Waals surface area contributed by atoms with Crippen LogP contribution in [0, 0.1) is 11.7 Å². The van der Waals surface area contributed by atoms with Crippen LogP contribution < -0.4 is 0 Å². The average molecular weight is 333 g/mol. The highest BCUT2D eigenvalue weighted by molar-refractivity contribution is 5.92. The van der Waals surface area contributed by atoms with E-state index in [2.05, 4.69) is 20.2 Å². The average Bonchev–Trinajstić information content (AvgIpc) is 3.18. The van der Waals surface area contributed by atoms with Gasteiger partial charge in [0.15, 0.2) is 5.82 Å². The van der Waals surface area contributed by atoms with E-state index < -0.39 is 12.5 Å². The third-order valence-electron chi connectivity index (χ3n) is 4.69. The van der Waals surface area contributed by atoms with Crippen molar-refractivity contribution in [2.45, 2.75) is 24.7 Å². The highest BCUT2D eigenvalue weighted by atomic mass is 19.1. The van der Waals surface area contributed by atoms with Gasteiger partial charge in [-0.1, -0.05) is 0 Å². The fourth-order valence-corrected chi connectivity index (χ4v) is 3.15. The zero-order chi connectivity index (χ0) is 16.7. The van der Waals surface area contributed by atoms with Gasteiger partial charge < -0.3 is 4.90 Å². The molecule has 24 heavy (non-hydrogen) atoms. The maximum absolute atomic E-state index is 13.4. The van der Waals surface area contributed by atoms with E-state index in [1.165, 1.54) is 12.1 Å². The highest BCUT2D eigenvalue weighted by Crippen LogP contribution is 2.39. The lowest BCUT2D eigenvalue weighted by atomic mass is 9.97. The number of halogens is 2. The molecule has 1 saturated heterocycles. The minimum atomic E-state index is -0.537. The van der Waals surface area contributed by atoms with Crippen molar-refractivity contribution in [1.29, 1.82) is 0 Å². The van der Waals surface area contributed by atoms with Gasteiger partial charge in [-0.2, -0.15) is 5.10 Å². The van der Waals surface area contributed by atoms with Crippen molar-refractivity contribution in [2.24, 2.45) is 5.92 Å². The fourth-order valence-electron chi connectivity index (χ4n) is 3.15. The van der Waals surface area contributed by atoms with E-state index in [0.29, 0.717) is 24.8 Å². The number of likely N-dealkylation sites (tertiary alicyclic amines) is 1. The first-order chi connectivity index (χ1) is 11.7. The monoisotopic (exact) mass is 333 g/mol. The Morgan fingerprint density at radius 2 is 2.17 bits per heavy atom. The largest absolute Gasteiger partial charge is 0.336 e. The molecule has 2 unspecified atom stereocenters. The molecular weight excluding hydrogens is 316 g/mol. The van der Waals surface area contributed by atoms with Gasteiger partial charge in [0.05, 0.1) is 12.9 Å². The van der Waals surface area contributed by atoms with Crippen LogP contribution in [-0.2, 0) is 0 Å². The van der Waals surface area contributed by atoms with Crippen LogP contribution in [-0.4, -0.2) is 50.7 Å². The van der Waals surface area contributed by atoms with E-state index in [9.17, 15) is 13.6 Å². The van der Waals surface area contributed by atoms with E-state index >= 15 is 0 Å². The molecule has 2 fully saturated rings. The van der Waals surface area contributed by atoms with E-state index in [4.69, 9.17) is 0 Å². The van der Waals surface area contributed by atoms with Crippen LogP contribution in [0.4, 0.5) is 8.78 Å². The summed E-state index contributed by atoms with van der Waals surface area (Å²) in [6.07, 6.45) is 3.19. The Morgan fingerprint density at radius 3 is 2.83 bits per heavy atom. The number of nitrogens with one attached hydrogen (secondary N) is 1. The van der Waals surface area contributed by atoms with Gasteiger partial charge in [-0.3, -0.25) is 14.3 Å². The number of pyridine rings is 1. The van der Waals surface area contributed by atoms with Gasteiger partial charge in [0, 0.05) is 30.8 Å². The first kappa shape index (κ1) is 15.2. The molecule has 1 saturated carbocycles. The van der Waals surface area contributed by atoms with Crippen molar-refractivity contribution in [3.05, 3.63) is 41.5 Å². The molecule has 4 rings (SSSR count). The van der Waals surface area contributed by atoms with Crippen LogP contribution in [0.2, 0.25) is 0 Å². The molecular formula is C16H17F2N5O. The summed E-state index contributed by atoms with van der Waals surface area (Å²) in [7, 11) is 0. The predicted octanol–water partition coefficient (Wildman–Crippen LogP) is 2.04. The van der Waals surface area contributed by atoms with Crippen LogP contribution in [0.1, 0.15) is 46.8 Å². The topological polar surface area (TPSA) is 74.8 Å². The van der Waals surface area contributed by atoms with Crippen LogP contribution >= 0.6 is 0 Å². The molecule has 0 bridgehead atoms. The summed E-state index contributed by atoms with van der Waals surface area (Å²) in [5.74, 6) is 0.490. The third kappa shape index (κ3) is 2.76. The second-order valence-corrected chi connectivity index (χ2v) is 6.45. The molecule has 8 heteroatoms. The van der Waals surface area contributed by atoms with Gasteiger partial charge in [-0.25, -0.2) is 14.4 Å². The van der Waals surface area contributed by atoms with Gasteiger partial charge in [-0.15, -0.1) is 0 Å². The summed E-state index contributed by atoms with van der Waals surface area (Å²) in [5, 5.41) is 7.12. The third-order valence-corrected chi connectivity index (χ3v) is 4.69. The van der Waals surface area contributed by atoms with Crippen molar-refractivity contribution < 1.29 is 13.6 Å². The van der Waals surface area contributed by atoms with Crippen molar-refractivity contribution >= 4 is 5.91 Å². The molecule has 2 aromatic rings. The number of carbonyl (C=O) groups is 1. The Kier molecular flexibility index (Phi) is 3.74. The molecule has 0 spiro atoms. The van der Waals surface area contributed by atoms with Crippen LogP contribution in [0.5, 0.6) is 0 Å². The molecule has 1 N–H and O–H groups in total. The molecule has 1 amide bonds. The number of carbonyl (C=O) groups excluding carboxylic acids is 1. The zero-order valence-corrected chi connectivity index (χ0v) is 13.0. The van der Waals surface area contributed by atoms with Gasteiger partial charge in [0.1, 0.15) is 17.3 Å². The molecule has 1 aliphatic heterocycles. The standard InChI is InChI=1S/C16H17F2N5O/c17-5-10-7-23(16(24)13-4-3-11(18)6-19-13)8-12(10)15-20-14(21-22-15)9-1-2-9/h3-4,6,9-10,12H,1-2,5,7-8H2,(H,20,21,22). The summed E-state index contributed by atoms with van der Waals surface area (Å²) in [6, 6.07) is 2.54. The molecule has 0 radical (unpaired) electrons. The van der Waals surface area contributed by atoms with Crippen molar-refractivity contribution in [2.75, 3.05) is 19.8 Å². The fraction of sp³-hybridized carbons (Fsp3) is 0.500. The Bertz CT molecular complexity index is 743. The number of rotatable bonds is 4. The first-order valence-electron chi connectivity index (χ1n) is 8.04. The van der Waals surface area contributed by atoms with Gasteiger partial charge >= 0.3 is 0 Å². The molecule has 6 nitrogen and oxygen atoms in total. The summed E-state index contributed by atoms with van der Waals surface area (Å²) in [4.78, 5) is 22.3. The summed E-state index contributed by atoms with van der Waals surface area (Å²) >= 11 is 0. The maximum atomic E-state index is 13.4. The molecule has 2 aromatic heterocycles. The maximum Gasteiger partial charge on any atom is 0.272 e. The number of aromatic amines is 1. The van der Waals surface area contributed by atoms with Crippen LogP contribution in [0.25, 0.3) is 0 Å². The quantitative estimate of drug-likeness (QED) is 0.929. The molecule has 0 aromatic carbocycles. The molecule has 3 heterocycles. The second-order valence-electron chi connectivity index (χ2n) is 6.45. The number of amides is 1. The number of alkyl halides is 1. The molecule has 126 valence electrons. The zero-order valence-electron chi connectivity index (χ0n) is 13.0. The Labute approximate surface area is 137 Å². The Morgan fingerprint density at radius 1 is 1.33 bits per heavy atom. The number of hydrogen-bond donors (Lipinski definition) is 1. The predicted molar refractivity (Wildman–Crippen MR) is 80.7 cm³/mol. The van der Waals surface area contributed by atoms with E-state index in [1.807, 2.05) is 0 Å². The highest BCUT2D eigenvalue weighted by Gasteiger charge is 2.39. The molecule has 2 atom stereocenters. The lowest BCUT2D eigenvalue weighted by molar-refractivity contribution is 0.0778. The molecule has 1 aliphatic carbocycles. The van der Waals surface area contributed by atoms with Gasteiger partial charge in [0.2, 0.25) is 0 Å². The Balaban J connectivity index is 1.52. The van der Waals surface area contributed by atoms with Crippen molar-refractivity contribution in [3.63, 3.8) is 0 Å². The van der Waals surface area contributed by atoms with Crippen LogP contribution in [0.3, 0.4) is 0 Å². The Hall–Kier alpha value is -2.38.